The number of nitrogens with one attached hydrogen (secondary N) is 1. The first-order chi connectivity index (χ1) is 19.7. The topological polar surface area (TPSA) is 116 Å². The Morgan fingerprint density at radius 1 is 0.780 bits per heavy atom. The van der Waals surface area contributed by atoms with Crippen molar-refractivity contribution in [3.8, 4) is 28.7 Å². The fourth-order valence-corrected chi connectivity index (χ4v) is 5.33. The van der Waals surface area contributed by atoms with Gasteiger partial charge in [-0.2, -0.15) is 0 Å². The number of rotatable bonds is 8. The molecular weight excluding hydrogens is 530 g/mol. The first kappa shape index (κ1) is 29.6. The van der Waals surface area contributed by atoms with Gasteiger partial charge in [-0.25, -0.2) is 0 Å². The fraction of sp³-hybridized carbons (Fsp3) is 0.433. The molecule has 1 atom stereocenters. The molecule has 1 saturated heterocycles. The Morgan fingerprint density at radius 3 is 2.00 bits per heavy atom. The molecule has 11 nitrogen and oxygen atoms in total. The maximum Gasteiger partial charge on any atom is 0.254 e. The van der Waals surface area contributed by atoms with E-state index in [2.05, 4.69) is 5.32 Å². The van der Waals surface area contributed by atoms with Gasteiger partial charge in [-0.1, -0.05) is 0 Å². The number of carbonyl (C=O) groups is 3. The molecule has 41 heavy (non-hydrogen) atoms. The van der Waals surface area contributed by atoms with Gasteiger partial charge in [0, 0.05) is 31.1 Å². The van der Waals surface area contributed by atoms with Crippen molar-refractivity contribution in [3.05, 3.63) is 46.5 Å². The Kier molecular flexibility index (Phi) is 9.26. The highest BCUT2D eigenvalue weighted by Crippen LogP contribution is 2.39. The normalized spacial score (nSPS) is 16.5. The van der Waals surface area contributed by atoms with Gasteiger partial charge in [0.05, 0.1) is 42.1 Å². The van der Waals surface area contributed by atoms with Crippen LogP contribution in [0.15, 0.2) is 29.8 Å². The number of ether oxygens (including phenoxy) is 5. The highest BCUT2D eigenvalue weighted by molar-refractivity contribution is 5.99. The molecule has 0 spiro atoms. The van der Waals surface area contributed by atoms with Crippen molar-refractivity contribution in [3.63, 3.8) is 0 Å². The maximum absolute atomic E-state index is 13.9. The average Bonchev–Trinajstić information content (AvgIpc) is 3.20. The molecule has 3 amide bonds. The molecule has 1 aliphatic heterocycles. The van der Waals surface area contributed by atoms with Crippen molar-refractivity contribution in [2.75, 3.05) is 55.2 Å². The van der Waals surface area contributed by atoms with Crippen molar-refractivity contribution in [1.29, 1.82) is 0 Å². The van der Waals surface area contributed by atoms with E-state index in [-0.39, 0.29) is 37.4 Å². The quantitative estimate of drug-likeness (QED) is 0.518. The molecule has 1 heterocycles. The minimum atomic E-state index is -0.700. The molecule has 11 heteroatoms. The van der Waals surface area contributed by atoms with E-state index in [1.165, 1.54) is 28.3 Å². The number of carbonyl (C=O) groups excluding carboxylic acids is 3. The molecule has 1 aliphatic carbocycles. The van der Waals surface area contributed by atoms with Crippen LogP contribution in [0.1, 0.15) is 41.3 Å². The van der Waals surface area contributed by atoms with Crippen molar-refractivity contribution in [2.45, 2.75) is 32.4 Å². The molecule has 2 aromatic rings. The molecule has 1 fully saturated rings. The van der Waals surface area contributed by atoms with Gasteiger partial charge in [0.15, 0.2) is 23.0 Å². The van der Waals surface area contributed by atoms with Crippen molar-refractivity contribution in [1.82, 2.24) is 15.1 Å². The van der Waals surface area contributed by atoms with Gasteiger partial charge in [-0.15, -0.1) is 0 Å². The Balaban J connectivity index is 1.60. The smallest absolute Gasteiger partial charge is 0.254 e. The molecule has 1 N–H and O–H groups in total. The maximum atomic E-state index is 13.9. The molecule has 1 unspecified atom stereocenters. The summed E-state index contributed by atoms with van der Waals surface area (Å²) in [6, 6.07) is 7.01. The van der Waals surface area contributed by atoms with Gasteiger partial charge in [-0.05, 0) is 60.7 Å². The van der Waals surface area contributed by atoms with E-state index in [9.17, 15) is 14.4 Å². The van der Waals surface area contributed by atoms with Crippen LogP contribution in [-0.2, 0) is 16.0 Å². The number of aryl methyl sites for hydroxylation is 1. The van der Waals surface area contributed by atoms with Crippen LogP contribution in [0.4, 0.5) is 0 Å². The van der Waals surface area contributed by atoms with Gasteiger partial charge >= 0.3 is 0 Å². The summed E-state index contributed by atoms with van der Waals surface area (Å²) in [7, 11) is 7.63. The van der Waals surface area contributed by atoms with E-state index in [4.69, 9.17) is 23.7 Å². The Hall–Kier alpha value is -4.41. The summed E-state index contributed by atoms with van der Waals surface area (Å²) in [6.45, 7) is 2.04. The lowest BCUT2D eigenvalue weighted by Gasteiger charge is -2.42. The van der Waals surface area contributed by atoms with Crippen LogP contribution in [0.2, 0.25) is 0 Å². The molecule has 0 radical (unpaired) electrons. The Morgan fingerprint density at radius 2 is 1.41 bits per heavy atom. The summed E-state index contributed by atoms with van der Waals surface area (Å²) in [6.07, 6.45) is 3.34. The van der Waals surface area contributed by atoms with Crippen LogP contribution >= 0.6 is 0 Å². The Labute approximate surface area is 239 Å². The summed E-state index contributed by atoms with van der Waals surface area (Å²) in [5, 5.41) is 2.86. The second-order valence-electron chi connectivity index (χ2n) is 9.81. The van der Waals surface area contributed by atoms with Crippen LogP contribution in [0.5, 0.6) is 28.7 Å². The van der Waals surface area contributed by atoms with Crippen LogP contribution in [0.3, 0.4) is 0 Å². The highest BCUT2D eigenvalue weighted by Gasteiger charge is 2.35. The monoisotopic (exact) mass is 567 g/mol. The highest BCUT2D eigenvalue weighted by atomic mass is 16.5. The lowest BCUT2D eigenvalue weighted by molar-refractivity contribution is -0.134. The second kappa shape index (κ2) is 12.8. The molecule has 0 saturated carbocycles. The number of fused-ring (bicyclic) bond motifs is 1. The number of piperazine rings is 1. The number of hydrogen-bond acceptors (Lipinski definition) is 8. The van der Waals surface area contributed by atoms with E-state index in [0.717, 1.165) is 24.0 Å². The minimum absolute atomic E-state index is 0.121. The second-order valence-corrected chi connectivity index (χ2v) is 9.81. The number of methoxy groups -OCH3 is 5. The van der Waals surface area contributed by atoms with E-state index < -0.39 is 6.17 Å². The van der Waals surface area contributed by atoms with Crippen LogP contribution in [0, 0.1) is 0 Å². The lowest BCUT2D eigenvalue weighted by atomic mass is 10.0. The molecule has 2 aliphatic rings. The largest absolute Gasteiger partial charge is 0.493 e. The van der Waals surface area contributed by atoms with E-state index >= 15 is 0 Å². The van der Waals surface area contributed by atoms with Crippen molar-refractivity contribution >= 4 is 23.8 Å². The molecule has 220 valence electrons. The summed E-state index contributed by atoms with van der Waals surface area (Å²) < 4.78 is 27.1. The predicted molar refractivity (Wildman–Crippen MR) is 152 cm³/mol. The van der Waals surface area contributed by atoms with Crippen molar-refractivity contribution < 1.29 is 38.1 Å². The van der Waals surface area contributed by atoms with E-state index in [0.29, 0.717) is 46.3 Å². The SMILES string of the molecule is COc1cc2c(cc1OC)CCCC(C(=O)N1CCN(C(=O)c3cc(OC)c(OC)c(OC)c3)CC1NC(C)=O)=C2. The molecular formula is C30H37N3O8. The number of hydrogen-bond donors (Lipinski definition) is 1. The molecule has 2 aromatic carbocycles. The zero-order valence-electron chi connectivity index (χ0n) is 24.4. The first-order valence-corrected chi connectivity index (χ1v) is 13.4. The number of nitrogens with zero attached hydrogens (tertiary/aromatic N) is 2. The third-order valence-corrected chi connectivity index (χ3v) is 7.35. The van der Waals surface area contributed by atoms with E-state index in [1.54, 1.807) is 36.2 Å². The van der Waals surface area contributed by atoms with Crippen LogP contribution < -0.4 is 29.0 Å². The molecule has 0 aromatic heterocycles. The average molecular weight is 568 g/mol. The van der Waals surface area contributed by atoms with Crippen LogP contribution in [-0.4, -0.2) is 88.9 Å². The first-order valence-electron chi connectivity index (χ1n) is 13.4. The standard InChI is InChI=1S/C30H37N3O8/c1-18(34)31-27-17-32(29(35)22-15-25(39-4)28(41-6)26(16-22)40-5)10-11-33(27)30(36)20-9-7-8-19-13-23(37-2)24(38-3)14-21(19)12-20/h12-16,27H,7-11,17H2,1-6H3,(H,31,34). The van der Waals surface area contributed by atoms with Gasteiger partial charge in [0.2, 0.25) is 11.7 Å². The van der Waals surface area contributed by atoms with Crippen LogP contribution in [0.25, 0.3) is 6.08 Å². The number of amides is 3. The van der Waals surface area contributed by atoms with Gasteiger partial charge < -0.3 is 38.8 Å². The fourth-order valence-electron chi connectivity index (χ4n) is 5.33. The summed E-state index contributed by atoms with van der Waals surface area (Å²) >= 11 is 0. The summed E-state index contributed by atoms with van der Waals surface area (Å²) in [5.74, 6) is 1.58. The summed E-state index contributed by atoms with van der Waals surface area (Å²) in [4.78, 5) is 42.8. The van der Waals surface area contributed by atoms with Gasteiger partial charge in [-0.3, -0.25) is 14.4 Å². The zero-order valence-corrected chi connectivity index (χ0v) is 24.4. The lowest BCUT2D eigenvalue weighted by Crippen LogP contribution is -2.62. The Bertz CT molecular complexity index is 1330. The van der Waals surface area contributed by atoms with E-state index in [1.807, 2.05) is 18.2 Å². The summed E-state index contributed by atoms with van der Waals surface area (Å²) in [5.41, 5.74) is 2.95. The minimum Gasteiger partial charge on any atom is -0.493 e. The third-order valence-electron chi connectivity index (χ3n) is 7.35. The van der Waals surface area contributed by atoms with Crippen molar-refractivity contribution in [2.24, 2.45) is 0 Å². The number of benzene rings is 2. The predicted octanol–water partition coefficient (Wildman–Crippen LogP) is 2.90. The zero-order chi connectivity index (χ0) is 29.7. The van der Waals surface area contributed by atoms with Gasteiger partial charge in [0.1, 0.15) is 6.17 Å². The van der Waals surface area contributed by atoms with Gasteiger partial charge in [0.25, 0.3) is 11.8 Å². The third kappa shape index (κ3) is 6.18. The molecule has 0 bridgehead atoms. The molecule has 4 rings (SSSR count).